The van der Waals surface area contributed by atoms with Gasteiger partial charge in [0.25, 0.3) is 0 Å². The van der Waals surface area contributed by atoms with E-state index in [0.717, 1.165) is 12.5 Å². The summed E-state index contributed by atoms with van der Waals surface area (Å²) in [6.45, 7) is 14.1. The van der Waals surface area contributed by atoms with Gasteiger partial charge in [-0.05, 0) is 18.9 Å². The van der Waals surface area contributed by atoms with Crippen LogP contribution in [0.1, 0.15) is 33.6 Å². The van der Waals surface area contributed by atoms with E-state index >= 15 is 0 Å². The molecule has 0 aliphatic carbocycles. The summed E-state index contributed by atoms with van der Waals surface area (Å²) in [5.41, 5.74) is 0. The maximum absolute atomic E-state index is 2.56. The van der Waals surface area contributed by atoms with Crippen molar-refractivity contribution >= 4 is 0 Å². The smallest absolute Gasteiger partial charge is 0.0164 e. The molecule has 1 saturated heterocycles. The molecule has 1 aliphatic heterocycles. The fraction of sp³-hybridized carbons (Fsp3) is 0.857. The summed E-state index contributed by atoms with van der Waals surface area (Å²) in [4.78, 5) is 5.08. The SMILES string of the molecule is CCCC(C)/C=C/CN1CCN(CC)CC1. The van der Waals surface area contributed by atoms with Crippen LogP contribution < -0.4 is 0 Å². The molecule has 2 heteroatoms. The van der Waals surface area contributed by atoms with Gasteiger partial charge in [-0.15, -0.1) is 0 Å². The summed E-state index contributed by atoms with van der Waals surface area (Å²) in [7, 11) is 0. The summed E-state index contributed by atoms with van der Waals surface area (Å²) >= 11 is 0. The Morgan fingerprint density at radius 2 is 1.69 bits per heavy atom. The molecule has 1 aliphatic rings. The molecule has 0 amide bonds. The van der Waals surface area contributed by atoms with Crippen molar-refractivity contribution in [1.82, 2.24) is 9.80 Å². The minimum absolute atomic E-state index is 0.752. The molecule has 0 aromatic heterocycles. The van der Waals surface area contributed by atoms with Crippen LogP contribution in [0.5, 0.6) is 0 Å². The van der Waals surface area contributed by atoms with Crippen LogP contribution in [-0.2, 0) is 0 Å². The lowest BCUT2D eigenvalue weighted by Crippen LogP contribution is -2.46. The van der Waals surface area contributed by atoms with Crippen molar-refractivity contribution in [3.05, 3.63) is 12.2 Å². The lowest BCUT2D eigenvalue weighted by atomic mass is 10.1. The Morgan fingerprint density at radius 1 is 1.06 bits per heavy atom. The molecule has 0 bridgehead atoms. The Hall–Kier alpha value is -0.340. The largest absolute Gasteiger partial charge is 0.301 e. The molecule has 1 heterocycles. The van der Waals surface area contributed by atoms with Crippen LogP contribution in [0.3, 0.4) is 0 Å². The van der Waals surface area contributed by atoms with E-state index in [0.29, 0.717) is 0 Å². The van der Waals surface area contributed by atoms with Crippen molar-refractivity contribution in [2.75, 3.05) is 39.3 Å². The van der Waals surface area contributed by atoms with E-state index in [9.17, 15) is 0 Å². The highest BCUT2D eigenvalue weighted by Gasteiger charge is 2.13. The lowest BCUT2D eigenvalue weighted by Gasteiger charge is -2.33. The van der Waals surface area contributed by atoms with Crippen LogP contribution >= 0.6 is 0 Å². The highest BCUT2D eigenvalue weighted by Crippen LogP contribution is 2.07. The molecule has 0 aromatic carbocycles. The number of hydrogen-bond donors (Lipinski definition) is 0. The first-order chi connectivity index (χ1) is 7.76. The van der Waals surface area contributed by atoms with Gasteiger partial charge in [0.2, 0.25) is 0 Å². The molecule has 0 spiro atoms. The van der Waals surface area contributed by atoms with Gasteiger partial charge in [0.15, 0.2) is 0 Å². The predicted octanol–water partition coefficient (Wildman–Crippen LogP) is 2.62. The Morgan fingerprint density at radius 3 is 2.25 bits per heavy atom. The van der Waals surface area contributed by atoms with Crippen molar-refractivity contribution in [3.8, 4) is 0 Å². The molecular formula is C14H28N2. The Kier molecular flexibility index (Phi) is 6.74. The second-order valence-electron chi connectivity index (χ2n) is 4.93. The topological polar surface area (TPSA) is 6.48 Å². The van der Waals surface area contributed by atoms with E-state index in [1.54, 1.807) is 0 Å². The minimum Gasteiger partial charge on any atom is -0.301 e. The maximum Gasteiger partial charge on any atom is 0.0164 e. The normalized spacial score (nSPS) is 21.7. The van der Waals surface area contributed by atoms with Gasteiger partial charge in [-0.1, -0.05) is 39.3 Å². The third-order valence-electron chi connectivity index (χ3n) is 3.48. The molecule has 0 aromatic rings. The van der Waals surface area contributed by atoms with Crippen LogP contribution in [0, 0.1) is 5.92 Å². The van der Waals surface area contributed by atoms with Crippen molar-refractivity contribution < 1.29 is 0 Å². The van der Waals surface area contributed by atoms with E-state index in [1.165, 1.54) is 45.6 Å². The van der Waals surface area contributed by atoms with Crippen molar-refractivity contribution in [2.45, 2.75) is 33.6 Å². The summed E-state index contributed by atoms with van der Waals surface area (Å²) in [5.74, 6) is 0.752. The van der Waals surface area contributed by atoms with Crippen molar-refractivity contribution in [3.63, 3.8) is 0 Å². The van der Waals surface area contributed by atoms with E-state index < -0.39 is 0 Å². The predicted molar refractivity (Wildman–Crippen MR) is 71.8 cm³/mol. The molecule has 2 nitrogen and oxygen atoms in total. The summed E-state index contributed by atoms with van der Waals surface area (Å²) in [6.07, 6.45) is 7.36. The Bertz CT molecular complexity index is 193. The zero-order valence-electron chi connectivity index (χ0n) is 11.3. The van der Waals surface area contributed by atoms with Gasteiger partial charge >= 0.3 is 0 Å². The van der Waals surface area contributed by atoms with Gasteiger partial charge in [0, 0.05) is 32.7 Å². The number of piperazine rings is 1. The summed E-state index contributed by atoms with van der Waals surface area (Å²) in [6, 6.07) is 0. The molecule has 16 heavy (non-hydrogen) atoms. The lowest BCUT2D eigenvalue weighted by molar-refractivity contribution is 0.148. The molecule has 0 N–H and O–H groups in total. The zero-order chi connectivity index (χ0) is 11.8. The maximum atomic E-state index is 2.56. The fourth-order valence-corrected chi connectivity index (χ4v) is 2.28. The number of nitrogens with zero attached hydrogens (tertiary/aromatic N) is 2. The molecule has 1 rings (SSSR count). The first-order valence-corrected chi connectivity index (χ1v) is 6.87. The fourth-order valence-electron chi connectivity index (χ4n) is 2.28. The van der Waals surface area contributed by atoms with Crippen molar-refractivity contribution in [1.29, 1.82) is 0 Å². The Balaban J connectivity index is 2.14. The average molecular weight is 224 g/mol. The number of likely N-dealkylation sites (N-methyl/N-ethyl adjacent to an activating group) is 1. The molecule has 94 valence electrons. The van der Waals surface area contributed by atoms with Crippen LogP contribution in [0.25, 0.3) is 0 Å². The minimum atomic E-state index is 0.752. The van der Waals surface area contributed by atoms with E-state index in [4.69, 9.17) is 0 Å². The van der Waals surface area contributed by atoms with Gasteiger partial charge in [-0.2, -0.15) is 0 Å². The van der Waals surface area contributed by atoms with E-state index in [1.807, 2.05) is 0 Å². The molecule has 0 saturated carbocycles. The van der Waals surface area contributed by atoms with Crippen LogP contribution in [0.4, 0.5) is 0 Å². The molecule has 1 fully saturated rings. The monoisotopic (exact) mass is 224 g/mol. The van der Waals surface area contributed by atoms with Gasteiger partial charge in [0.05, 0.1) is 0 Å². The standard InChI is InChI=1S/C14H28N2/c1-4-7-14(3)8-6-9-16-12-10-15(5-2)11-13-16/h6,8,14H,4-5,7,9-13H2,1-3H3/b8-6+. The average Bonchev–Trinajstić information content (AvgIpc) is 2.30. The van der Waals surface area contributed by atoms with Crippen molar-refractivity contribution in [2.24, 2.45) is 5.92 Å². The third kappa shape index (κ3) is 5.13. The molecule has 0 radical (unpaired) electrons. The Labute approximate surface area is 101 Å². The summed E-state index contributed by atoms with van der Waals surface area (Å²) in [5, 5.41) is 0. The van der Waals surface area contributed by atoms with Gasteiger partial charge < -0.3 is 4.90 Å². The third-order valence-corrected chi connectivity index (χ3v) is 3.48. The van der Waals surface area contributed by atoms with E-state index in [2.05, 4.69) is 42.7 Å². The second-order valence-corrected chi connectivity index (χ2v) is 4.93. The highest BCUT2D eigenvalue weighted by molar-refractivity contribution is 4.89. The highest BCUT2D eigenvalue weighted by atomic mass is 15.2. The first-order valence-electron chi connectivity index (χ1n) is 6.87. The van der Waals surface area contributed by atoms with Crippen LogP contribution in [-0.4, -0.2) is 49.1 Å². The molecule has 1 unspecified atom stereocenters. The molecular weight excluding hydrogens is 196 g/mol. The van der Waals surface area contributed by atoms with Crippen LogP contribution in [0.15, 0.2) is 12.2 Å². The van der Waals surface area contributed by atoms with E-state index in [-0.39, 0.29) is 0 Å². The van der Waals surface area contributed by atoms with Crippen LogP contribution in [0.2, 0.25) is 0 Å². The zero-order valence-corrected chi connectivity index (χ0v) is 11.3. The second kappa shape index (κ2) is 7.86. The summed E-state index contributed by atoms with van der Waals surface area (Å²) < 4.78 is 0. The quantitative estimate of drug-likeness (QED) is 0.640. The number of rotatable bonds is 6. The van der Waals surface area contributed by atoms with Gasteiger partial charge in [-0.25, -0.2) is 0 Å². The van der Waals surface area contributed by atoms with Gasteiger partial charge in [-0.3, -0.25) is 4.90 Å². The first kappa shape index (κ1) is 13.7. The number of hydrogen-bond acceptors (Lipinski definition) is 2. The molecule has 1 atom stereocenters. The van der Waals surface area contributed by atoms with Gasteiger partial charge in [0.1, 0.15) is 0 Å². The number of allylic oxidation sites excluding steroid dienone is 1.